The molecule has 2 aliphatic heterocycles. The lowest BCUT2D eigenvalue weighted by molar-refractivity contribution is -0.140. The van der Waals surface area contributed by atoms with Gasteiger partial charge in [-0.1, -0.05) is 35.9 Å². The SMILES string of the molecule is COc1cccc(/C(O)=C2/C(=O)C(=O)N(CCCN3CCOCC3)C2c2ccc(Cl)cc2)c1. The fourth-order valence-corrected chi connectivity index (χ4v) is 4.44. The zero-order valence-corrected chi connectivity index (χ0v) is 19.3. The number of hydrogen-bond acceptors (Lipinski definition) is 6. The van der Waals surface area contributed by atoms with Crippen molar-refractivity contribution in [3.63, 3.8) is 0 Å². The summed E-state index contributed by atoms with van der Waals surface area (Å²) in [4.78, 5) is 30.0. The second-order valence-corrected chi connectivity index (χ2v) is 8.52. The number of methoxy groups -OCH3 is 1. The van der Waals surface area contributed by atoms with Crippen LogP contribution >= 0.6 is 11.6 Å². The number of carbonyl (C=O) groups excluding carboxylic acids is 2. The number of hydrogen-bond donors (Lipinski definition) is 1. The maximum atomic E-state index is 13.1. The van der Waals surface area contributed by atoms with Crippen LogP contribution in [-0.2, 0) is 14.3 Å². The van der Waals surface area contributed by atoms with Crippen molar-refractivity contribution in [2.24, 2.45) is 0 Å². The van der Waals surface area contributed by atoms with Crippen LogP contribution in [0.5, 0.6) is 5.75 Å². The highest BCUT2D eigenvalue weighted by atomic mass is 35.5. The van der Waals surface area contributed by atoms with Crippen molar-refractivity contribution < 1.29 is 24.2 Å². The predicted octanol–water partition coefficient (Wildman–Crippen LogP) is 3.49. The molecule has 174 valence electrons. The molecule has 0 aromatic heterocycles. The lowest BCUT2D eigenvalue weighted by atomic mass is 9.95. The molecule has 1 N–H and O–H groups in total. The molecule has 33 heavy (non-hydrogen) atoms. The van der Waals surface area contributed by atoms with Crippen molar-refractivity contribution in [3.05, 3.63) is 70.3 Å². The maximum Gasteiger partial charge on any atom is 0.295 e. The first-order valence-corrected chi connectivity index (χ1v) is 11.4. The number of rotatable bonds is 7. The summed E-state index contributed by atoms with van der Waals surface area (Å²) in [6.45, 7) is 4.32. The van der Waals surface area contributed by atoms with Gasteiger partial charge in [-0.2, -0.15) is 0 Å². The minimum atomic E-state index is -0.696. The van der Waals surface area contributed by atoms with E-state index in [0.29, 0.717) is 42.5 Å². The van der Waals surface area contributed by atoms with Gasteiger partial charge in [0.05, 0.1) is 31.9 Å². The molecule has 0 radical (unpaired) electrons. The van der Waals surface area contributed by atoms with E-state index in [9.17, 15) is 14.7 Å². The molecule has 1 amide bonds. The third-order valence-corrected chi connectivity index (χ3v) is 6.30. The molecule has 4 rings (SSSR count). The van der Waals surface area contributed by atoms with Crippen molar-refractivity contribution in [1.82, 2.24) is 9.80 Å². The minimum absolute atomic E-state index is 0.0712. The predicted molar refractivity (Wildman–Crippen MR) is 125 cm³/mol. The lowest BCUT2D eigenvalue weighted by Crippen LogP contribution is -2.38. The van der Waals surface area contributed by atoms with Crippen LogP contribution in [0.15, 0.2) is 54.1 Å². The third-order valence-electron chi connectivity index (χ3n) is 6.05. The van der Waals surface area contributed by atoms with Gasteiger partial charge in [-0.15, -0.1) is 0 Å². The van der Waals surface area contributed by atoms with E-state index in [1.165, 1.54) is 7.11 Å². The average molecular weight is 471 g/mol. The van der Waals surface area contributed by atoms with Gasteiger partial charge in [0, 0.05) is 36.8 Å². The fraction of sp³-hybridized carbons (Fsp3) is 0.360. The second kappa shape index (κ2) is 10.4. The van der Waals surface area contributed by atoms with Crippen LogP contribution in [0.2, 0.25) is 5.02 Å². The van der Waals surface area contributed by atoms with Crippen LogP contribution in [-0.4, -0.2) is 73.1 Å². The number of halogens is 1. The van der Waals surface area contributed by atoms with E-state index >= 15 is 0 Å². The largest absolute Gasteiger partial charge is 0.507 e. The summed E-state index contributed by atoms with van der Waals surface area (Å²) in [6.07, 6.45) is 0.705. The molecule has 2 aromatic carbocycles. The highest BCUT2D eigenvalue weighted by molar-refractivity contribution is 6.46. The summed E-state index contributed by atoms with van der Waals surface area (Å²) in [7, 11) is 1.53. The molecule has 2 saturated heterocycles. The van der Waals surface area contributed by atoms with E-state index in [4.69, 9.17) is 21.1 Å². The molecule has 2 aromatic rings. The average Bonchev–Trinajstić information content (AvgIpc) is 3.10. The highest BCUT2D eigenvalue weighted by Crippen LogP contribution is 2.40. The first kappa shape index (κ1) is 23.3. The van der Waals surface area contributed by atoms with E-state index < -0.39 is 17.7 Å². The summed E-state index contributed by atoms with van der Waals surface area (Å²) in [5.74, 6) is -0.979. The number of amides is 1. The minimum Gasteiger partial charge on any atom is -0.507 e. The van der Waals surface area contributed by atoms with Crippen molar-refractivity contribution >= 4 is 29.1 Å². The van der Waals surface area contributed by atoms with Crippen molar-refractivity contribution in [3.8, 4) is 5.75 Å². The van der Waals surface area contributed by atoms with E-state index in [1.807, 2.05) is 0 Å². The molecule has 1 atom stereocenters. The smallest absolute Gasteiger partial charge is 0.295 e. The Bertz CT molecular complexity index is 1050. The second-order valence-electron chi connectivity index (χ2n) is 8.08. The summed E-state index contributed by atoms with van der Waals surface area (Å²) in [5.41, 5.74) is 1.20. The van der Waals surface area contributed by atoms with Gasteiger partial charge in [0.15, 0.2) is 0 Å². The normalized spacial score (nSPS) is 20.9. The Balaban J connectivity index is 1.67. The Labute approximate surface area is 198 Å². The van der Waals surface area contributed by atoms with E-state index in [0.717, 1.165) is 25.2 Å². The van der Waals surface area contributed by atoms with Gasteiger partial charge in [-0.3, -0.25) is 14.5 Å². The van der Waals surface area contributed by atoms with Crippen molar-refractivity contribution in [2.75, 3.05) is 46.5 Å². The van der Waals surface area contributed by atoms with E-state index in [1.54, 1.807) is 53.4 Å². The number of aliphatic hydroxyl groups is 1. The number of likely N-dealkylation sites (tertiary alicyclic amines) is 1. The molecule has 1 unspecified atom stereocenters. The number of ether oxygens (including phenoxy) is 2. The highest BCUT2D eigenvalue weighted by Gasteiger charge is 2.45. The monoisotopic (exact) mass is 470 g/mol. The van der Waals surface area contributed by atoms with Gasteiger partial charge in [0.2, 0.25) is 0 Å². The number of morpholine rings is 1. The number of nitrogens with zero attached hydrogens (tertiary/aromatic N) is 2. The van der Waals surface area contributed by atoms with E-state index in [2.05, 4.69) is 4.90 Å². The Kier molecular flexibility index (Phi) is 7.33. The maximum absolute atomic E-state index is 13.1. The summed E-state index contributed by atoms with van der Waals surface area (Å²) >= 11 is 6.07. The summed E-state index contributed by atoms with van der Waals surface area (Å²) < 4.78 is 10.6. The topological polar surface area (TPSA) is 79.3 Å². The molecule has 7 nitrogen and oxygen atoms in total. The molecule has 2 aliphatic rings. The van der Waals surface area contributed by atoms with Gasteiger partial charge in [0.25, 0.3) is 11.7 Å². The first-order chi connectivity index (χ1) is 16.0. The molecule has 8 heteroatoms. The lowest BCUT2D eigenvalue weighted by Gasteiger charge is -2.29. The number of benzene rings is 2. The number of carbonyl (C=O) groups is 2. The molecule has 0 aliphatic carbocycles. The van der Waals surface area contributed by atoms with Crippen LogP contribution in [0, 0.1) is 0 Å². The van der Waals surface area contributed by atoms with Crippen LogP contribution in [0.25, 0.3) is 5.76 Å². The first-order valence-electron chi connectivity index (χ1n) is 11.0. The van der Waals surface area contributed by atoms with Crippen molar-refractivity contribution in [2.45, 2.75) is 12.5 Å². The van der Waals surface area contributed by atoms with E-state index in [-0.39, 0.29) is 11.3 Å². The molecule has 2 fully saturated rings. The molecule has 2 heterocycles. The molecule has 0 bridgehead atoms. The zero-order chi connectivity index (χ0) is 23.4. The number of Topliss-reactive ketones (excluding diaryl/α,β-unsaturated/α-hetero) is 1. The third kappa shape index (κ3) is 5.05. The zero-order valence-electron chi connectivity index (χ0n) is 18.5. The Hall–Kier alpha value is -2.87. The Morgan fingerprint density at radius 1 is 1.12 bits per heavy atom. The van der Waals surface area contributed by atoms with Gasteiger partial charge in [0.1, 0.15) is 11.5 Å². The Morgan fingerprint density at radius 3 is 2.55 bits per heavy atom. The fourth-order valence-electron chi connectivity index (χ4n) is 4.32. The summed E-state index contributed by atoms with van der Waals surface area (Å²) in [6, 6.07) is 13.1. The molecule has 0 saturated carbocycles. The van der Waals surface area contributed by atoms with Gasteiger partial charge < -0.3 is 19.5 Å². The van der Waals surface area contributed by atoms with Gasteiger partial charge in [-0.25, -0.2) is 0 Å². The standard InChI is InChI=1S/C25H27ClN2O5/c1-32-20-5-2-4-18(16-20)23(29)21-22(17-6-8-19(26)9-7-17)28(25(31)24(21)30)11-3-10-27-12-14-33-15-13-27/h2,4-9,16,22,29H,3,10-15H2,1H3/b23-21-. The van der Waals surface area contributed by atoms with Crippen LogP contribution in [0.1, 0.15) is 23.6 Å². The van der Waals surface area contributed by atoms with Crippen LogP contribution < -0.4 is 4.74 Å². The molecule has 0 spiro atoms. The Morgan fingerprint density at radius 2 is 1.85 bits per heavy atom. The summed E-state index contributed by atoms with van der Waals surface area (Å²) in [5, 5.41) is 11.7. The van der Waals surface area contributed by atoms with Gasteiger partial charge >= 0.3 is 0 Å². The van der Waals surface area contributed by atoms with Crippen molar-refractivity contribution in [1.29, 1.82) is 0 Å². The molecular weight excluding hydrogens is 444 g/mol. The molecular formula is C25H27ClN2O5. The quantitative estimate of drug-likeness (QED) is 0.379. The van der Waals surface area contributed by atoms with Crippen LogP contribution in [0.3, 0.4) is 0 Å². The van der Waals surface area contributed by atoms with Crippen LogP contribution in [0.4, 0.5) is 0 Å². The number of ketones is 1. The van der Waals surface area contributed by atoms with Gasteiger partial charge in [-0.05, 0) is 36.2 Å². The number of aliphatic hydroxyl groups excluding tert-OH is 1.